The number of carboxylic acids is 1. The molecule has 0 amide bonds. The van der Waals surface area contributed by atoms with Gasteiger partial charge in [-0.2, -0.15) is 0 Å². The average Bonchev–Trinajstić information content (AvgIpc) is 2.88. The van der Waals surface area contributed by atoms with Gasteiger partial charge in [0.2, 0.25) is 0 Å². The van der Waals surface area contributed by atoms with Gasteiger partial charge in [0.15, 0.2) is 5.76 Å². The van der Waals surface area contributed by atoms with Gasteiger partial charge in [-0.25, -0.2) is 0 Å². The Balaban J connectivity index is 2.08. The molecule has 0 unspecified atom stereocenters. The van der Waals surface area contributed by atoms with E-state index < -0.39 is 5.97 Å². The molecule has 2 aromatic rings. The van der Waals surface area contributed by atoms with Crippen LogP contribution in [0.4, 0.5) is 0 Å². The third-order valence-corrected chi connectivity index (χ3v) is 2.75. The summed E-state index contributed by atoms with van der Waals surface area (Å²) >= 11 is 0. The quantitative estimate of drug-likeness (QED) is 0.784. The van der Waals surface area contributed by atoms with E-state index in [1.165, 1.54) is 0 Å². The number of carboxylic acid groups (broad SMARTS) is 1. The van der Waals surface area contributed by atoms with Crippen molar-refractivity contribution < 1.29 is 14.4 Å². The van der Waals surface area contributed by atoms with Gasteiger partial charge < -0.3 is 9.63 Å². The number of rotatable bonds is 7. The zero-order valence-electron chi connectivity index (χ0n) is 11.0. The topological polar surface area (TPSA) is 66.6 Å². The number of hydrogen-bond acceptors (Lipinski definition) is 4. The van der Waals surface area contributed by atoms with Gasteiger partial charge in [0, 0.05) is 24.7 Å². The molecule has 0 radical (unpaired) electrons. The fraction of sp³-hybridized carbons (Fsp3) is 0.200. The Kier molecular flexibility index (Phi) is 4.68. The molecule has 1 aromatic carbocycles. The molecule has 1 heterocycles. The first kappa shape index (κ1) is 14.0. The van der Waals surface area contributed by atoms with E-state index in [-0.39, 0.29) is 6.54 Å². The predicted molar refractivity (Wildman–Crippen MR) is 75.0 cm³/mol. The minimum absolute atomic E-state index is 0.0560. The van der Waals surface area contributed by atoms with Crippen LogP contribution in [0.25, 0.3) is 11.3 Å². The highest BCUT2D eigenvalue weighted by Gasteiger charge is 2.12. The van der Waals surface area contributed by atoms with Gasteiger partial charge >= 0.3 is 5.97 Å². The smallest absolute Gasteiger partial charge is 0.317 e. The summed E-state index contributed by atoms with van der Waals surface area (Å²) in [7, 11) is 0. The third-order valence-electron chi connectivity index (χ3n) is 2.75. The van der Waals surface area contributed by atoms with Gasteiger partial charge in [-0.05, 0) is 0 Å². The number of nitrogens with zero attached hydrogens (tertiary/aromatic N) is 2. The Morgan fingerprint density at radius 2 is 2.15 bits per heavy atom. The maximum Gasteiger partial charge on any atom is 0.317 e. The molecule has 0 spiro atoms. The van der Waals surface area contributed by atoms with E-state index in [1.807, 2.05) is 36.4 Å². The number of aliphatic carboxylic acids is 1. The zero-order chi connectivity index (χ0) is 14.4. The van der Waals surface area contributed by atoms with Crippen molar-refractivity contribution >= 4 is 5.97 Å². The van der Waals surface area contributed by atoms with Gasteiger partial charge in [-0.1, -0.05) is 41.6 Å². The molecule has 104 valence electrons. The zero-order valence-corrected chi connectivity index (χ0v) is 11.0. The lowest BCUT2D eigenvalue weighted by atomic mass is 10.1. The predicted octanol–water partition coefficient (Wildman–Crippen LogP) is 2.41. The van der Waals surface area contributed by atoms with Gasteiger partial charge in [-0.15, -0.1) is 6.58 Å². The van der Waals surface area contributed by atoms with Gasteiger partial charge in [-0.3, -0.25) is 9.69 Å². The second-order valence-corrected chi connectivity index (χ2v) is 4.40. The van der Waals surface area contributed by atoms with Crippen molar-refractivity contribution in [2.24, 2.45) is 0 Å². The van der Waals surface area contributed by atoms with Crippen molar-refractivity contribution in [1.29, 1.82) is 0 Å². The van der Waals surface area contributed by atoms with Gasteiger partial charge in [0.25, 0.3) is 0 Å². The average molecular weight is 272 g/mol. The Hall–Kier alpha value is -2.40. The molecule has 0 bridgehead atoms. The molecular formula is C15H16N2O3. The molecule has 5 heteroatoms. The van der Waals surface area contributed by atoms with Crippen molar-refractivity contribution in [3.05, 3.63) is 54.7 Å². The van der Waals surface area contributed by atoms with E-state index in [2.05, 4.69) is 11.7 Å². The standard InChI is InChI=1S/C15H16N2O3/c1-2-8-17(11-15(18)19)10-13-9-14(20-16-13)12-6-4-3-5-7-12/h2-7,9H,1,8,10-11H2,(H,18,19). The summed E-state index contributed by atoms with van der Waals surface area (Å²) in [4.78, 5) is 12.5. The van der Waals surface area contributed by atoms with E-state index >= 15 is 0 Å². The maximum atomic E-state index is 10.8. The van der Waals surface area contributed by atoms with Crippen LogP contribution in [0.5, 0.6) is 0 Å². The van der Waals surface area contributed by atoms with E-state index in [0.29, 0.717) is 24.5 Å². The molecule has 0 atom stereocenters. The van der Waals surface area contributed by atoms with Crippen LogP contribution < -0.4 is 0 Å². The minimum atomic E-state index is -0.876. The highest BCUT2D eigenvalue weighted by molar-refractivity contribution is 5.69. The summed E-state index contributed by atoms with van der Waals surface area (Å²) in [5.74, 6) is -0.201. The number of benzene rings is 1. The number of hydrogen-bond donors (Lipinski definition) is 1. The SMILES string of the molecule is C=CCN(CC(=O)O)Cc1cc(-c2ccccc2)on1. The molecule has 1 N–H and O–H groups in total. The lowest BCUT2D eigenvalue weighted by Gasteiger charge is -2.15. The molecule has 0 fully saturated rings. The van der Waals surface area contributed by atoms with Crippen LogP contribution in [0, 0.1) is 0 Å². The van der Waals surface area contributed by atoms with E-state index in [0.717, 1.165) is 5.56 Å². The van der Waals surface area contributed by atoms with E-state index in [4.69, 9.17) is 9.63 Å². The molecular weight excluding hydrogens is 256 g/mol. The van der Waals surface area contributed by atoms with Crippen LogP contribution in [0.2, 0.25) is 0 Å². The van der Waals surface area contributed by atoms with Crippen molar-refractivity contribution in [2.75, 3.05) is 13.1 Å². The molecule has 0 aliphatic heterocycles. The number of aromatic nitrogens is 1. The third kappa shape index (κ3) is 3.80. The lowest BCUT2D eigenvalue weighted by Crippen LogP contribution is -2.29. The Bertz CT molecular complexity index is 578. The Morgan fingerprint density at radius 1 is 1.40 bits per heavy atom. The van der Waals surface area contributed by atoms with E-state index in [9.17, 15) is 4.79 Å². The molecule has 1 aromatic heterocycles. The first-order valence-corrected chi connectivity index (χ1v) is 6.25. The lowest BCUT2D eigenvalue weighted by molar-refractivity contribution is -0.138. The van der Waals surface area contributed by atoms with Crippen LogP contribution in [0.15, 0.2) is 53.6 Å². The molecule has 20 heavy (non-hydrogen) atoms. The number of carbonyl (C=O) groups is 1. The van der Waals surface area contributed by atoms with Crippen molar-refractivity contribution in [3.63, 3.8) is 0 Å². The summed E-state index contributed by atoms with van der Waals surface area (Å²) in [6.07, 6.45) is 1.67. The molecule has 0 aliphatic rings. The van der Waals surface area contributed by atoms with Crippen LogP contribution >= 0.6 is 0 Å². The fourth-order valence-corrected chi connectivity index (χ4v) is 1.91. The normalized spacial score (nSPS) is 10.7. The molecule has 2 rings (SSSR count). The first-order chi connectivity index (χ1) is 9.69. The Morgan fingerprint density at radius 3 is 2.80 bits per heavy atom. The summed E-state index contributed by atoms with van der Waals surface area (Å²) in [5, 5.41) is 12.8. The Labute approximate surface area is 117 Å². The second kappa shape index (κ2) is 6.68. The summed E-state index contributed by atoms with van der Waals surface area (Å²) in [5.41, 5.74) is 1.65. The van der Waals surface area contributed by atoms with Crippen molar-refractivity contribution in [2.45, 2.75) is 6.54 Å². The van der Waals surface area contributed by atoms with Crippen LogP contribution in [0.1, 0.15) is 5.69 Å². The van der Waals surface area contributed by atoms with Gasteiger partial charge in [0.05, 0.1) is 12.2 Å². The van der Waals surface area contributed by atoms with Crippen molar-refractivity contribution in [1.82, 2.24) is 10.1 Å². The monoisotopic (exact) mass is 272 g/mol. The molecule has 0 aliphatic carbocycles. The highest BCUT2D eigenvalue weighted by atomic mass is 16.5. The summed E-state index contributed by atoms with van der Waals surface area (Å²) < 4.78 is 5.28. The van der Waals surface area contributed by atoms with Gasteiger partial charge in [0.1, 0.15) is 0 Å². The van der Waals surface area contributed by atoms with Crippen LogP contribution in [-0.2, 0) is 11.3 Å². The van der Waals surface area contributed by atoms with E-state index in [1.54, 1.807) is 11.0 Å². The fourth-order valence-electron chi connectivity index (χ4n) is 1.91. The highest BCUT2D eigenvalue weighted by Crippen LogP contribution is 2.20. The van der Waals surface area contributed by atoms with Crippen LogP contribution in [0.3, 0.4) is 0 Å². The molecule has 0 saturated carbocycles. The maximum absolute atomic E-state index is 10.8. The first-order valence-electron chi connectivity index (χ1n) is 6.25. The largest absolute Gasteiger partial charge is 0.480 e. The van der Waals surface area contributed by atoms with Crippen LogP contribution in [-0.4, -0.2) is 34.2 Å². The summed E-state index contributed by atoms with van der Waals surface area (Å²) in [6.45, 7) is 4.47. The van der Waals surface area contributed by atoms with Crippen molar-refractivity contribution in [3.8, 4) is 11.3 Å². The molecule has 0 saturated heterocycles. The second-order valence-electron chi connectivity index (χ2n) is 4.40. The summed E-state index contributed by atoms with van der Waals surface area (Å²) in [6, 6.07) is 11.5. The minimum Gasteiger partial charge on any atom is -0.480 e. The molecule has 5 nitrogen and oxygen atoms in total.